The molecule has 2 bridgehead atoms. The Morgan fingerprint density at radius 1 is 1.32 bits per heavy atom. The van der Waals surface area contributed by atoms with E-state index in [0.717, 1.165) is 31.4 Å². The molecule has 0 saturated carbocycles. The summed E-state index contributed by atoms with van der Waals surface area (Å²) in [6.45, 7) is 3.63. The van der Waals surface area contributed by atoms with Crippen LogP contribution in [0.4, 0.5) is 0 Å². The van der Waals surface area contributed by atoms with E-state index in [9.17, 15) is 9.59 Å². The molecule has 1 amide bonds. The molecule has 3 heterocycles. The predicted molar refractivity (Wildman–Crippen MR) is 81.7 cm³/mol. The Bertz CT molecular complexity index is 626. The predicted octanol–water partition coefficient (Wildman–Crippen LogP) is 1.03. The van der Waals surface area contributed by atoms with E-state index >= 15 is 0 Å². The van der Waals surface area contributed by atoms with Gasteiger partial charge in [-0.05, 0) is 39.5 Å². The number of ether oxygens (including phenoxy) is 1. The summed E-state index contributed by atoms with van der Waals surface area (Å²) in [7, 11) is 1.74. The monoisotopic (exact) mass is 305 g/mol. The summed E-state index contributed by atoms with van der Waals surface area (Å²) in [5, 5.41) is 0. The van der Waals surface area contributed by atoms with Gasteiger partial charge in [-0.1, -0.05) is 0 Å². The van der Waals surface area contributed by atoms with Crippen molar-refractivity contribution in [2.45, 2.75) is 64.3 Å². The lowest BCUT2D eigenvalue weighted by Crippen LogP contribution is -2.50. The van der Waals surface area contributed by atoms with E-state index in [0.29, 0.717) is 5.56 Å². The van der Waals surface area contributed by atoms with Crippen molar-refractivity contribution < 1.29 is 9.53 Å². The van der Waals surface area contributed by atoms with Crippen LogP contribution in [0, 0.1) is 13.8 Å². The summed E-state index contributed by atoms with van der Waals surface area (Å²) in [6, 6.07) is 0.512. The quantitative estimate of drug-likeness (QED) is 0.836. The van der Waals surface area contributed by atoms with E-state index in [4.69, 9.17) is 4.74 Å². The van der Waals surface area contributed by atoms with Gasteiger partial charge < -0.3 is 9.64 Å². The lowest BCUT2D eigenvalue weighted by atomic mass is 9.99. The number of aromatic nitrogens is 2. The molecule has 22 heavy (non-hydrogen) atoms. The molecule has 0 spiro atoms. The molecular formula is C16H23N3O3. The number of fused-ring (bicyclic) bond motifs is 2. The molecule has 2 aliphatic rings. The van der Waals surface area contributed by atoms with E-state index in [1.807, 2.05) is 4.90 Å². The average Bonchev–Trinajstić information content (AvgIpc) is 2.78. The van der Waals surface area contributed by atoms with Crippen LogP contribution < -0.4 is 5.56 Å². The van der Waals surface area contributed by atoms with E-state index < -0.39 is 0 Å². The van der Waals surface area contributed by atoms with Gasteiger partial charge in [0.15, 0.2) is 0 Å². The number of amides is 1. The molecule has 1 aromatic rings. The first-order chi connectivity index (χ1) is 10.5. The van der Waals surface area contributed by atoms with Gasteiger partial charge in [-0.15, -0.1) is 0 Å². The standard InChI is InChI=1S/C16H23N3O3/c1-10-11(2)17-9-18(16(10)21)8-15(20)19-12-4-5-13(19)7-14(6-12)22-3/h9,12-14H,4-8H2,1-3H3. The smallest absolute Gasteiger partial charge is 0.256 e. The minimum atomic E-state index is -0.125. The topological polar surface area (TPSA) is 64.4 Å². The zero-order chi connectivity index (χ0) is 15.9. The number of hydrogen-bond acceptors (Lipinski definition) is 4. The van der Waals surface area contributed by atoms with Crippen LogP contribution in [0.5, 0.6) is 0 Å². The first-order valence-corrected chi connectivity index (χ1v) is 7.88. The minimum absolute atomic E-state index is 0.0224. The Morgan fingerprint density at radius 3 is 2.55 bits per heavy atom. The van der Waals surface area contributed by atoms with Gasteiger partial charge in [0.05, 0.1) is 12.4 Å². The van der Waals surface area contributed by atoms with Crippen LogP contribution in [0.25, 0.3) is 0 Å². The second kappa shape index (κ2) is 5.83. The number of aryl methyl sites for hydroxylation is 1. The molecule has 6 nitrogen and oxygen atoms in total. The van der Waals surface area contributed by atoms with Crippen molar-refractivity contribution in [3.8, 4) is 0 Å². The highest BCUT2D eigenvalue weighted by molar-refractivity contribution is 5.77. The van der Waals surface area contributed by atoms with Gasteiger partial charge in [0.25, 0.3) is 5.56 Å². The molecule has 0 N–H and O–H groups in total. The zero-order valence-electron chi connectivity index (χ0n) is 13.4. The molecule has 0 aromatic carbocycles. The molecule has 120 valence electrons. The Balaban J connectivity index is 1.76. The number of piperidine rings is 1. The number of nitrogens with zero attached hydrogens (tertiary/aromatic N) is 3. The van der Waals surface area contributed by atoms with Gasteiger partial charge in [-0.3, -0.25) is 14.2 Å². The van der Waals surface area contributed by atoms with Crippen LogP contribution in [0.3, 0.4) is 0 Å². The molecule has 2 saturated heterocycles. The highest BCUT2D eigenvalue weighted by Gasteiger charge is 2.43. The molecule has 6 heteroatoms. The molecule has 2 atom stereocenters. The molecule has 0 radical (unpaired) electrons. The molecule has 2 unspecified atom stereocenters. The first kappa shape index (κ1) is 15.2. The second-order valence-corrected chi connectivity index (χ2v) is 6.40. The summed E-state index contributed by atoms with van der Waals surface area (Å²) in [6.07, 6.45) is 5.61. The Kier molecular flexibility index (Phi) is 4.04. The summed E-state index contributed by atoms with van der Waals surface area (Å²) < 4.78 is 6.89. The van der Waals surface area contributed by atoms with Crippen molar-refractivity contribution in [1.29, 1.82) is 0 Å². The highest BCUT2D eigenvalue weighted by atomic mass is 16.5. The van der Waals surface area contributed by atoms with Crippen molar-refractivity contribution in [1.82, 2.24) is 14.5 Å². The second-order valence-electron chi connectivity index (χ2n) is 6.40. The van der Waals surface area contributed by atoms with E-state index in [1.54, 1.807) is 21.0 Å². The van der Waals surface area contributed by atoms with Crippen molar-refractivity contribution in [2.24, 2.45) is 0 Å². The van der Waals surface area contributed by atoms with Crippen LogP contribution in [0.2, 0.25) is 0 Å². The highest BCUT2D eigenvalue weighted by Crippen LogP contribution is 2.36. The fraction of sp³-hybridized carbons (Fsp3) is 0.688. The molecule has 3 rings (SSSR count). The maximum absolute atomic E-state index is 12.7. The van der Waals surface area contributed by atoms with Crippen LogP contribution in [-0.4, -0.2) is 45.7 Å². The number of carbonyl (C=O) groups is 1. The van der Waals surface area contributed by atoms with Crippen LogP contribution in [-0.2, 0) is 16.1 Å². The fourth-order valence-corrected chi connectivity index (χ4v) is 3.74. The van der Waals surface area contributed by atoms with Gasteiger partial charge in [0, 0.05) is 30.5 Å². The molecule has 0 aliphatic carbocycles. The minimum Gasteiger partial charge on any atom is -0.381 e. The number of methoxy groups -OCH3 is 1. The molecule has 2 aliphatic heterocycles. The summed E-state index contributed by atoms with van der Waals surface area (Å²) >= 11 is 0. The van der Waals surface area contributed by atoms with Gasteiger partial charge >= 0.3 is 0 Å². The lowest BCUT2D eigenvalue weighted by molar-refractivity contribution is -0.138. The third-order valence-electron chi connectivity index (χ3n) is 5.13. The largest absolute Gasteiger partial charge is 0.381 e. The SMILES string of the molecule is COC1CC2CCC(C1)N2C(=O)Cn1cnc(C)c(C)c1=O. The number of carbonyl (C=O) groups excluding carboxylic acids is 1. The maximum Gasteiger partial charge on any atom is 0.256 e. The Labute approximate surface area is 130 Å². The fourth-order valence-electron chi connectivity index (χ4n) is 3.74. The third-order valence-corrected chi connectivity index (χ3v) is 5.13. The van der Waals surface area contributed by atoms with E-state index in [-0.39, 0.29) is 36.2 Å². The summed E-state index contributed by atoms with van der Waals surface area (Å²) in [5.74, 6) is 0.0224. The number of rotatable bonds is 3. The lowest BCUT2D eigenvalue weighted by Gasteiger charge is -2.38. The van der Waals surface area contributed by atoms with E-state index in [1.165, 1.54) is 10.9 Å². The van der Waals surface area contributed by atoms with Gasteiger partial charge in [0.2, 0.25) is 5.91 Å². The van der Waals surface area contributed by atoms with Crippen LogP contribution >= 0.6 is 0 Å². The summed E-state index contributed by atoms with van der Waals surface area (Å²) in [5.41, 5.74) is 1.20. The maximum atomic E-state index is 12.7. The van der Waals surface area contributed by atoms with Gasteiger partial charge in [0.1, 0.15) is 6.54 Å². The molecule has 1 aromatic heterocycles. The van der Waals surface area contributed by atoms with Crippen molar-refractivity contribution in [2.75, 3.05) is 7.11 Å². The molecular weight excluding hydrogens is 282 g/mol. The van der Waals surface area contributed by atoms with Crippen molar-refractivity contribution in [3.05, 3.63) is 27.9 Å². The van der Waals surface area contributed by atoms with Crippen molar-refractivity contribution >= 4 is 5.91 Å². The van der Waals surface area contributed by atoms with Crippen LogP contribution in [0.1, 0.15) is 36.9 Å². The van der Waals surface area contributed by atoms with Crippen molar-refractivity contribution in [3.63, 3.8) is 0 Å². The Morgan fingerprint density at radius 2 is 1.95 bits per heavy atom. The number of hydrogen-bond donors (Lipinski definition) is 0. The normalized spacial score (nSPS) is 27.2. The van der Waals surface area contributed by atoms with Gasteiger partial charge in [-0.2, -0.15) is 0 Å². The van der Waals surface area contributed by atoms with Gasteiger partial charge in [-0.25, -0.2) is 4.98 Å². The Hall–Kier alpha value is -1.69. The zero-order valence-corrected chi connectivity index (χ0v) is 13.4. The summed E-state index contributed by atoms with van der Waals surface area (Å²) in [4.78, 5) is 31.1. The van der Waals surface area contributed by atoms with Crippen LogP contribution in [0.15, 0.2) is 11.1 Å². The molecule has 2 fully saturated rings. The first-order valence-electron chi connectivity index (χ1n) is 7.88. The third kappa shape index (κ3) is 2.56. The van der Waals surface area contributed by atoms with E-state index in [2.05, 4.69) is 4.98 Å². The average molecular weight is 305 g/mol.